The van der Waals surface area contributed by atoms with Gasteiger partial charge in [-0.25, -0.2) is 4.39 Å². The average molecular weight is 351 g/mol. The minimum absolute atomic E-state index is 0.0565. The molecule has 1 aromatic carbocycles. The second-order valence-electron chi connectivity index (χ2n) is 4.43. The number of nitrogens with zero attached hydrogens (tertiary/aromatic N) is 3. The van der Waals surface area contributed by atoms with Crippen molar-refractivity contribution in [3.8, 4) is 5.75 Å². The Balaban J connectivity index is 3.20. The lowest BCUT2D eigenvalue weighted by Crippen LogP contribution is -2.39. The summed E-state index contributed by atoms with van der Waals surface area (Å²) in [6.45, 7) is 1.43. The highest BCUT2D eigenvalue weighted by atomic mass is 19.2. The largest absolute Gasteiger partial charge is 0.475 e. The van der Waals surface area contributed by atoms with Gasteiger partial charge in [-0.05, 0) is 13.8 Å². The molecule has 9 nitrogen and oxygen atoms in total. The van der Waals surface area contributed by atoms with Gasteiger partial charge in [0.2, 0.25) is 17.4 Å². The quantitative estimate of drug-likeness (QED) is 0.423. The Morgan fingerprint density at radius 1 is 1.25 bits per heavy atom. The zero-order valence-electron chi connectivity index (χ0n) is 12.5. The summed E-state index contributed by atoms with van der Waals surface area (Å²) in [5, 5.41) is 21.4. The predicted octanol–water partition coefficient (Wildman–Crippen LogP) is 2.32. The van der Waals surface area contributed by atoms with Gasteiger partial charge < -0.3 is 9.64 Å². The molecular formula is C12H12F3N3O6. The van der Waals surface area contributed by atoms with Crippen LogP contribution in [-0.4, -0.2) is 40.1 Å². The van der Waals surface area contributed by atoms with E-state index in [1.807, 2.05) is 0 Å². The number of hydrogen-bond acceptors (Lipinski definition) is 6. The Morgan fingerprint density at radius 2 is 1.79 bits per heavy atom. The highest BCUT2D eigenvalue weighted by molar-refractivity contribution is 5.78. The first-order valence-corrected chi connectivity index (χ1v) is 6.48. The van der Waals surface area contributed by atoms with Crippen molar-refractivity contribution in [2.24, 2.45) is 0 Å². The van der Waals surface area contributed by atoms with Crippen molar-refractivity contribution in [1.82, 2.24) is 4.90 Å². The number of halogens is 3. The molecule has 1 unspecified atom stereocenters. The van der Waals surface area contributed by atoms with Crippen LogP contribution in [0.3, 0.4) is 0 Å². The molecule has 0 saturated heterocycles. The molecule has 0 N–H and O–H groups in total. The predicted molar refractivity (Wildman–Crippen MR) is 73.1 cm³/mol. The van der Waals surface area contributed by atoms with Gasteiger partial charge in [-0.1, -0.05) is 0 Å². The number of carbonyl (C=O) groups excluding carboxylic acids is 1. The van der Waals surface area contributed by atoms with E-state index in [0.717, 1.165) is 6.92 Å². The van der Waals surface area contributed by atoms with Crippen LogP contribution < -0.4 is 4.74 Å². The lowest BCUT2D eigenvalue weighted by Gasteiger charge is -2.22. The number of hydrogen-bond donors (Lipinski definition) is 0. The molecule has 0 spiro atoms. The zero-order chi connectivity index (χ0) is 18.6. The molecule has 0 aliphatic heterocycles. The van der Waals surface area contributed by atoms with Crippen LogP contribution in [0.2, 0.25) is 0 Å². The van der Waals surface area contributed by atoms with E-state index < -0.39 is 57.4 Å². The highest BCUT2D eigenvalue weighted by Crippen LogP contribution is 2.37. The van der Waals surface area contributed by atoms with E-state index in [0.29, 0.717) is 4.90 Å². The van der Waals surface area contributed by atoms with Gasteiger partial charge >= 0.3 is 11.4 Å². The van der Waals surface area contributed by atoms with Crippen molar-refractivity contribution in [2.45, 2.75) is 20.1 Å². The summed E-state index contributed by atoms with van der Waals surface area (Å²) in [6, 6.07) is 0.174. The minimum Gasteiger partial charge on any atom is -0.475 e. The first-order valence-electron chi connectivity index (χ1n) is 6.48. The molecule has 0 bridgehead atoms. The lowest BCUT2D eigenvalue weighted by atomic mass is 10.2. The number of carbonyl (C=O) groups is 1. The van der Waals surface area contributed by atoms with Gasteiger partial charge in [-0.3, -0.25) is 25.0 Å². The van der Waals surface area contributed by atoms with E-state index in [1.54, 1.807) is 0 Å². The Kier molecular flexibility index (Phi) is 6.03. The Morgan fingerprint density at radius 3 is 2.21 bits per heavy atom. The number of benzene rings is 1. The van der Waals surface area contributed by atoms with Crippen molar-refractivity contribution in [3.05, 3.63) is 37.9 Å². The number of alkyl halides is 1. The highest BCUT2D eigenvalue weighted by Gasteiger charge is 2.33. The van der Waals surface area contributed by atoms with E-state index in [4.69, 9.17) is 0 Å². The van der Waals surface area contributed by atoms with Crippen LogP contribution in [-0.2, 0) is 4.79 Å². The fraction of sp³-hybridized carbons (Fsp3) is 0.417. The van der Waals surface area contributed by atoms with Gasteiger partial charge in [-0.2, -0.15) is 8.78 Å². The van der Waals surface area contributed by atoms with Gasteiger partial charge in [0.25, 0.3) is 5.91 Å². The molecule has 132 valence electrons. The molecule has 1 atom stereocenters. The van der Waals surface area contributed by atoms with Crippen LogP contribution >= 0.6 is 0 Å². The van der Waals surface area contributed by atoms with Crippen molar-refractivity contribution >= 4 is 17.3 Å². The molecule has 12 heteroatoms. The number of rotatable bonds is 7. The van der Waals surface area contributed by atoms with Gasteiger partial charge in [-0.15, -0.1) is 0 Å². The second-order valence-corrected chi connectivity index (χ2v) is 4.43. The molecule has 1 rings (SSSR count). The number of amides is 1. The molecule has 0 aromatic heterocycles. The van der Waals surface area contributed by atoms with Crippen LogP contribution in [0.25, 0.3) is 0 Å². The van der Waals surface area contributed by atoms with Crippen molar-refractivity contribution < 1.29 is 32.5 Å². The number of ether oxygens (including phenoxy) is 1. The smallest absolute Gasteiger partial charge is 0.321 e. The second kappa shape index (κ2) is 7.57. The summed E-state index contributed by atoms with van der Waals surface area (Å²) in [5.41, 5.74) is -2.69. The summed E-state index contributed by atoms with van der Waals surface area (Å²) in [4.78, 5) is 31.2. The third-order valence-corrected chi connectivity index (χ3v) is 2.95. The summed E-state index contributed by atoms with van der Waals surface area (Å²) in [5.74, 6) is -6.21. The Labute approximate surface area is 132 Å². The van der Waals surface area contributed by atoms with Crippen molar-refractivity contribution in [2.75, 3.05) is 13.2 Å². The maximum atomic E-state index is 13.8. The van der Waals surface area contributed by atoms with Crippen LogP contribution in [0, 0.1) is 31.9 Å². The van der Waals surface area contributed by atoms with Crippen molar-refractivity contribution in [3.63, 3.8) is 0 Å². The molecule has 1 aromatic rings. The molecule has 0 aliphatic rings. The normalized spacial score (nSPS) is 11.7. The van der Waals surface area contributed by atoms with E-state index in [1.165, 1.54) is 6.92 Å². The van der Waals surface area contributed by atoms with Gasteiger partial charge in [0.15, 0.2) is 12.9 Å². The van der Waals surface area contributed by atoms with Gasteiger partial charge in [0, 0.05) is 6.54 Å². The number of nitro groups is 2. The van der Waals surface area contributed by atoms with Crippen molar-refractivity contribution in [1.29, 1.82) is 0 Å². The first-order chi connectivity index (χ1) is 11.1. The number of likely N-dealkylation sites (N-methyl/N-ethyl adjacent to an activating group) is 1. The fourth-order valence-electron chi connectivity index (χ4n) is 1.83. The van der Waals surface area contributed by atoms with Crippen LogP contribution in [0.1, 0.15) is 13.8 Å². The summed E-state index contributed by atoms with van der Waals surface area (Å²) >= 11 is 0. The molecular weight excluding hydrogens is 339 g/mol. The van der Waals surface area contributed by atoms with E-state index >= 15 is 0 Å². The molecule has 0 radical (unpaired) electrons. The summed E-state index contributed by atoms with van der Waals surface area (Å²) in [7, 11) is 0. The van der Waals surface area contributed by atoms with Crippen LogP contribution in [0.4, 0.5) is 24.5 Å². The van der Waals surface area contributed by atoms with E-state index in [9.17, 15) is 38.2 Å². The lowest BCUT2D eigenvalue weighted by molar-refractivity contribution is -0.396. The maximum absolute atomic E-state index is 13.8. The maximum Gasteiger partial charge on any atom is 0.321 e. The third kappa shape index (κ3) is 3.88. The molecule has 24 heavy (non-hydrogen) atoms. The Hall–Kier alpha value is -2.92. The molecule has 1 amide bonds. The number of nitro benzene ring substituents is 2. The molecule has 0 aliphatic carbocycles. The van der Waals surface area contributed by atoms with Gasteiger partial charge in [0.05, 0.1) is 9.85 Å². The van der Waals surface area contributed by atoms with Crippen LogP contribution in [0.5, 0.6) is 5.75 Å². The monoisotopic (exact) mass is 351 g/mol. The zero-order valence-corrected chi connectivity index (χ0v) is 12.5. The average Bonchev–Trinajstić information content (AvgIpc) is 2.48. The molecule has 0 heterocycles. The van der Waals surface area contributed by atoms with Crippen LogP contribution in [0.15, 0.2) is 6.07 Å². The molecule has 0 saturated carbocycles. The SMILES string of the molecule is CCN(C(=O)COc1c([N+](=O)[O-])cc([N+](=O)[O-])c(F)c1F)C(C)F. The van der Waals surface area contributed by atoms with E-state index in [-0.39, 0.29) is 12.6 Å². The standard InChI is InChI=1S/C12H12F3N3O6/c1-3-16(6(2)13)9(19)5-24-12-8(18(22)23)4-7(17(20)21)10(14)11(12)15/h4,6H,3,5H2,1-2H3. The summed E-state index contributed by atoms with van der Waals surface area (Å²) < 4.78 is 45.2. The topological polar surface area (TPSA) is 116 Å². The fourth-order valence-corrected chi connectivity index (χ4v) is 1.83. The molecule has 0 fully saturated rings. The van der Waals surface area contributed by atoms with E-state index in [2.05, 4.69) is 4.74 Å². The summed E-state index contributed by atoms with van der Waals surface area (Å²) in [6.07, 6.45) is -1.69. The first kappa shape index (κ1) is 19.1. The van der Waals surface area contributed by atoms with Gasteiger partial charge in [0.1, 0.15) is 6.07 Å². The minimum atomic E-state index is -1.99. The third-order valence-electron chi connectivity index (χ3n) is 2.95. The Bertz CT molecular complexity index is 682.